The van der Waals surface area contributed by atoms with Gasteiger partial charge in [-0.05, 0) is 35.4 Å². The third-order valence-corrected chi connectivity index (χ3v) is 4.35. The van der Waals surface area contributed by atoms with Gasteiger partial charge in [0.15, 0.2) is 0 Å². The fourth-order valence-corrected chi connectivity index (χ4v) is 3.08. The number of carboxylic acids is 1. The molecule has 3 aromatic rings. The number of rotatable bonds is 5. The monoisotopic (exact) mass is 347 g/mol. The molecule has 0 bridgehead atoms. The lowest BCUT2D eigenvalue weighted by molar-refractivity contribution is 0.0696. The van der Waals surface area contributed by atoms with Crippen molar-refractivity contribution >= 4 is 11.8 Å². The zero-order valence-electron chi connectivity index (χ0n) is 14.0. The smallest absolute Gasteiger partial charge is 0.335 e. The van der Waals surface area contributed by atoms with Gasteiger partial charge in [0.2, 0.25) is 0 Å². The van der Waals surface area contributed by atoms with Gasteiger partial charge in [-0.3, -0.25) is 4.98 Å². The molecular formula is C20H17N3O3. The zero-order chi connectivity index (χ0) is 17.9. The molecule has 0 spiro atoms. The molecule has 1 aliphatic heterocycles. The quantitative estimate of drug-likeness (QED) is 0.736. The van der Waals surface area contributed by atoms with Gasteiger partial charge in [0, 0.05) is 42.7 Å². The molecule has 0 saturated heterocycles. The molecule has 0 atom stereocenters. The fraction of sp³-hybridized carbons (Fsp3) is 0.150. The molecule has 0 radical (unpaired) electrons. The number of aromatic carboxylic acids is 1. The Morgan fingerprint density at radius 1 is 1.23 bits per heavy atom. The van der Waals surface area contributed by atoms with E-state index < -0.39 is 5.97 Å². The number of hydrogen-bond acceptors (Lipinski definition) is 5. The highest BCUT2D eigenvalue weighted by Crippen LogP contribution is 2.39. The first-order valence-corrected chi connectivity index (χ1v) is 8.33. The van der Waals surface area contributed by atoms with E-state index in [1.54, 1.807) is 36.8 Å². The van der Waals surface area contributed by atoms with Crippen LogP contribution in [0.3, 0.4) is 0 Å². The van der Waals surface area contributed by atoms with Crippen LogP contribution >= 0.6 is 0 Å². The number of aromatic nitrogens is 2. The number of fused-ring (bicyclic) bond motifs is 1. The third kappa shape index (κ3) is 3.09. The number of pyridine rings is 2. The summed E-state index contributed by atoms with van der Waals surface area (Å²) in [5, 5.41) is 12.4. The number of benzene rings is 1. The molecule has 0 aliphatic carbocycles. The van der Waals surface area contributed by atoms with E-state index in [-0.39, 0.29) is 5.56 Å². The van der Waals surface area contributed by atoms with Crippen LogP contribution in [0.1, 0.15) is 21.5 Å². The molecule has 1 aliphatic rings. The Hall–Kier alpha value is -3.41. The van der Waals surface area contributed by atoms with Gasteiger partial charge in [-0.25, -0.2) is 9.78 Å². The second kappa shape index (κ2) is 6.84. The van der Waals surface area contributed by atoms with Crippen molar-refractivity contribution < 1.29 is 14.6 Å². The summed E-state index contributed by atoms with van der Waals surface area (Å²) in [7, 11) is 0. The summed E-state index contributed by atoms with van der Waals surface area (Å²) in [6, 6.07) is 10.7. The molecule has 0 fully saturated rings. The number of hydrogen-bond donors (Lipinski definition) is 2. The predicted octanol–water partition coefficient (Wildman–Crippen LogP) is 3.39. The first kappa shape index (κ1) is 16.1. The molecule has 0 saturated carbocycles. The van der Waals surface area contributed by atoms with Crippen LogP contribution in [0.2, 0.25) is 0 Å². The average Bonchev–Trinajstić information content (AvgIpc) is 3.17. The van der Waals surface area contributed by atoms with Crippen molar-refractivity contribution in [3.63, 3.8) is 0 Å². The van der Waals surface area contributed by atoms with Crippen LogP contribution in [0.15, 0.2) is 55.0 Å². The van der Waals surface area contributed by atoms with E-state index in [0.29, 0.717) is 13.2 Å². The van der Waals surface area contributed by atoms with Crippen molar-refractivity contribution in [3.05, 3.63) is 71.7 Å². The Kier molecular flexibility index (Phi) is 4.23. The maximum Gasteiger partial charge on any atom is 0.335 e. The zero-order valence-corrected chi connectivity index (χ0v) is 14.0. The van der Waals surface area contributed by atoms with Gasteiger partial charge < -0.3 is 15.2 Å². The highest BCUT2D eigenvalue weighted by atomic mass is 16.5. The van der Waals surface area contributed by atoms with Gasteiger partial charge in [-0.1, -0.05) is 12.1 Å². The number of carbonyl (C=O) groups is 1. The Balaban J connectivity index is 1.60. The average molecular weight is 347 g/mol. The van der Waals surface area contributed by atoms with E-state index >= 15 is 0 Å². The van der Waals surface area contributed by atoms with Gasteiger partial charge in [0.1, 0.15) is 11.6 Å². The van der Waals surface area contributed by atoms with Crippen LogP contribution in [-0.2, 0) is 13.0 Å². The minimum atomic E-state index is -0.930. The Morgan fingerprint density at radius 2 is 2.08 bits per heavy atom. The van der Waals surface area contributed by atoms with Crippen molar-refractivity contribution in [1.82, 2.24) is 9.97 Å². The molecule has 26 heavy (non-hydrogen) atoms. The van der Waals surface area contributed by atoms with Crippen LogP contribution in [0.4, 0.5) is 5.82 Å². The summed E-state index contributed by atoms with van der Waals surface area (Å²) in [6.45, 7) is 1.12. The van der Waals surface area contributed by atoms with Crippen molar-refractivity contribution in [2.45, 2.75) is 13.0 Å². The topological polar surface area (TPSA) is 84.3 Å². The minimum Gasteiger partial charge on any atom is -0.492 e. The Morgan fingerprint density at radius 3 is 2.88 bits per heavy atom. The first-order chi connectivity index (χ1) is 12.7. The lowest BCUT2D eigenvalue weighted by atomic mass is 10.0. The molecule has 4 rings (SSSR count). The lowest BCUT2D eigenvalue weighted by Gasteiger charge is -2.13. The standard InChI is InChI=1S/C20H17N3O3/c24-20(25)15-3-1-2-13(10-15)11-22-19-16-6-9-26-18(16)17(12-23-19)14-4-7-21-8-5-14/h1-5,7-8,10,12H,6,9,11H2,(H,22,23)(H,24,25). The first-order valence-electron chi connectivity index (χ1n) is 8.33. The van der Waals surface area contributed by atoms with Gasteiger partial charge in [-0.2, -0.15) is 0 Å². The summed E-state index contributed by atoms with van der Waals surface area (Å²) in [5.74, 6) is 0.699. The summed E-state index contributed by atoms with van der Waals surface area (Å²) in [4.78, 5) is 19.7. The van der Waals surface area contributed by atoms with E-state index in [4.69, 9.17) is 9.84 Å². The SMILES string of the molecule is O=C(O)c1cccc(CNc2ncc(-c3ccncc3)c3c2CCO3)c1. The molecule has 3 heterocycles. The van der Waals surface area contributed by atoms with Gasteiger partial charge >= 0.3 is 5.97 Å². The van der Waals surface area contributed by atoms with E-state index in [1.165, 1.54) is 0 Å². The predicted molar refractivity (Wildman–Crippen MR) is 97.4 cm³/mol. The number of carboxylic acid groups (broad SMARTS) is 1. The Bertz CT molecular complexity index is 958. The highest BCUT2D eigenvalue weighted by molar-refractivity contribution is 5.87. The third-order valence-electron chi connectivity index (χ3n) is 4.35. The van der Waals surface area contributed by atoms with Crippen LogP contribution in [-0.4, -0.2) is 27.7 Å². The van der Waals surface area contributed by atoms with E-state index in [9.17, 15) is 4.79 Å². The van der Waals surface area contributed by atoms with E-state index in [1.807, 2.05) is 18.2 Å². The van der Waals surface area contributed by atoms with Crippen LogP contribution in [0.25, 0.3) is 11.1 Å². The summed E-state index contributed by atoms with van der Waals surface area (Å²) < 4.78 is 5.85. The van der Waals surface area contributed by atoms with Crippen molar-refractivity contribution in [3.8, 4) is 16.9 Å². The number of nitrogens with zero attached hydrogens (tertiary/aromatic N) is 2. The second-order valence-electron chi connectivity index (χ2n) is 6.02. The van der Waals surface area contributed by atoms with E-state index in [2.05, 4.69) is 15.3 Å². The van der Waals surface area contributed by atoms with E-state index in [0.717, 1.165) is 40.2 Å². The van der Waals surface area contributed by atoms with Gasteiger partial charge in [0.25, 0.3) is 0 Å². The fourth-order valence-electron chi connectivity index (χ4n) is 3.08. The van der Waals surface area contributed by atoms with Gasteiger partial charge in [-0.15, -0.1) is 0 Å². The van der Waals surface area contributed by atoms with Crippen molar-refractivity contribution in [2.75, 3.05) is 11.9 Å². The highest BCUT2D eigenvalue weighted by Gasteiger charge is 2.22. The Labute approximate surface area is 150 Å². The number of nitrogens with one attached hydrogen (secondary N) is 1. The molecule has 2 aromatic heterocycles. The molecule has 0 unspecified atom stereocenters. The summed E-state index contributed by atoms with van der Waals surface area (Å²) in [6.07, 6.45) is 6.09. The van der Waals surface area contributed by atoms with Crippen LogP contribution in [0.5, 0.6) is 5.75 Å². The maximum absolute atomic E-state index is 11.1. The van der Waals surface area contributed by atoms with Crippen LogP contribution in [0, 0.1) is 0 Å². The lowest BCUT2D eigenvalue weighted by Crippen LogP contribution is -2.05. The molecule has 0 amide bonds. The molecule has 6 nitrogen and oxygen atoms in total. The molecule has 6 heteroatoms. The normalized spacial score (nSPS) is 12.3. The maximum atomic E-state index is 11.1. The van der Waals surface area contributed by atoms with Crippen molar-refractivity contribution in [2.24, 2.45) is 0 Å². The van der Waals surface area contributed by atoms with Gasteiger partial charge in [0.05, 0.1) is 12.2 Å². The number of anilines is 1. The second-order valence-corrected chi connectivity index (χ2v) is 6.02. The molecular weight excluding hydrogens is 330 g/mol. The summed E-state index contributed by atoms with van der Waals surface area (Å²) >= 11 is 0. The molecule has 130 valence electrons. The number of ether oxygens (including phenoxy) is 1. The summed E-state index contributed by atoms with van der Waals surface area (Å²) in [5.41, 5.74) is 4.19. The minimum absolute atomic E-state index is 0.277. The van der Waals surface area contributed by atoms with Crippen molar-refractivity contribution in [1.29, 1.82) is 0 Å². The molecule has 2 N–H and O–H groups in total. The largest absolute Gasteiger partial charge is 0.492 e. The van der Waals surface area contributed by atoms with Crippen LogP contribution < -0.4 is 10.1 Å². The molecule has 1 aromatic carbocycles.